The van der Waals surface area contributed by atoms with Crippen LogP contribution in [0.2, 0.25) is 5.02 Å². The molecule has 0 spiro atoms. The Hall–Kier alpha value is -2.54. The number of amides is 2. The number of rotatable bonds is 3. The van der Waals surface area contributed by atoms with E-state index in [4.69, 9.17) is 20.8 Å². The zero-order valence-corrected chi connectivity index (χ0v) is 15.0. The Morgan fingerprint density at radius 1 is 1.08 bits per heavy atom. The highest BCUT2D eigenvalue weighted by Gasteiger charge is 2.30. The first-order valence-corrected chi connectivity index (χ1v) is 8.73. The van der Waals surface area contributed by atoms with E-state index in [-0.39, 0.29) is 29.5 Å². The van der Waals surface area contributed by atoms with Crippen LogP contribution in [0.5, 0.6) is 0 Å². The maximum atomic E-state index is 12.2. The second-order valence-electron chi connectivity index (χ2n) is 6.31. The number of hydrazine groups is 1. The molecule has 1 fully saturated rings. The van der Waals surface area contributed by atoms with Gasteiger partial charge in [0.05, 0.1) is 13.0 Å². The normalized spacial score (nSPS) is 19.8. The third-order valence-electron chi connectivity index (χ3n) is 4.63. The molecular formula is C18H19ClN2O5. The van der Waals surface area contributed by atoms with Gasteiger partial charge >= 0.3 is 11.9 Å². The number of methoxy groups -OCH3 is 1. The number of carbonyl (C=O) groups excluding carboxylic acids is 3. The van der Waals surface area contributed by atoms with Crippen LogP contribution in [0.15, 0.2) is 28.7 Å². The SMILES string of the molecule is COC(=O)[C@H]1CC[C@H](C(=O)NNC(=O)c2cc3cc(Cl)ccc3o2)CC1. The molecule has 3 rings (SSSR count). The molecule has 0 saturated heterocycles. The van der Waals surface area contributed by atoms with E-state index in [1.807, 2.05) is 0 Å². The Bertz CT molecular complexity index is 839. The lowest BCUT2D eigenvalue weighted by atomic mass is 9.82. The number of halogens is 1. The van der Waals surface area contributed by atoms with Crippen LogP contribution in [0, 0.1) is 11.8 Å². The molecule has 1 aromatic heterocycles. The minimum Gasteiger partial charge on any atom is -0.469 e. The smallest absolute Gasteiger partial charge is 0.308 e. The molecule has 0 unspecified atom stereocenters. The maximum absolute atomic E-state index is 12.2. The van der Waals surface area contributed by atoms with Crippen molar-refractivity contribution in [3.8, 4) is 0 Å². The van der Waals surface area contributed by atoms with Crippen molar-refractivity contribution in [3.63, 3.8) is 0 Å². The number of hydrogen-bond donors (Lipinski definition) is 2. The number of hydrogen-bond acceptors (Lipinski definition) is 5. The van der Waals surface area contributed by atoms with Gasteiger partial charge in [-0.1, -0.05) is 11.6 Å². The summed E-state index contributed by atoms with van der Waals surface area (Å²) in [6.07, 6.45) is 2.35. The molecule has 1 aliphatic carbocycles. The van der Waals surface area contributed by atoms with Crippen molar-refractivity contribution < 1.29 is 23.5 Å². The first kappa shape index (κ1) is 18.3. The first-order valence-electron chi connectivity index (χ1n) is 8.35. The molecule has 0 bridgehead atoms. The van der Waals surface area contributed by atoms with Crippen molar-refractivity contribution in [3.05, 3.63) is 35.0 Å². The molecule has 0 atom stereocenters. The van der Waals surface area contributed by atoms with E-state index >= 15 is 0 Å². The fourth-order valence-electron chi connectivity index (χ4n) is 3.17. The number of benzene rings is 1. The van der Waals surface area contributed by atoms with Crippen LogP contribution in [0.3, 0.4) is 0 Å². The van der Waals surface area contributed by atoms with E-state index in [9.17, 15) is 14.4 Å². The number of esters is 1. The van der Waals surface area contributed by atoms with Gasteiger partial charge in [0.25, 0.3) is 0 Å². The predicted octanol–water partition coefficient (Wildman–Crippen LogP) is 2.83. The van der Waals surface area contributed by atoms with Crippen molar-refractivity contribution >= 4 is 40.4 Å². The number of ether oxygens (including phenoxy) is 1. The first-order chi connectivity index (χ1) is 12.5. The van der Waals surface area contributed by atoms with Gasteiger partial charge in [-0.15, -0.1) is 0 Å². The molecule has 1 aliphatic rings. The van der Waals surface area contributed by atoms with Crippen molar-refractivity contribution in [1.29, 1.82) is 0 Å². The summed E-state index contributed by atoms with van der Waals surface area (Å²) >= 11 is 5.91. The van der Waals surface area contributed by atoms with Crippen molar-refractivity contribution in [2.24, 2.45) is 11.8 Å². The highest BCUT2D eigenvalue weighted by Crippen LogP contribution is 2.29. The molecule has 0 aliphatic heterocycles. The summed E-state index contributed by atoms with van der Waals surface area (Å²) in [6, 6.07) is 6.59. The topological polar surface area (TPSA) is 97.6 Å². The lowest BCUT2D eigenvalue weighted by molar-refractivity contribution is -0.147. The van der Waals surface area contributed by atoms with E-state index in [1.54, 1.807) is 24.3 Å². The molecule has 7 nitrogen and oxygen atoms in total. The van der Waals surface area contributed by atoms with Gasteiger partial charge in [-0.2, -0.15) is 0 Å². The largest absolute Gasteiger partial charge is 0.469 e. The summed E-state index contributed by atoms with van der Waals surface area (Å²) in [6.45, 7) is 0. The van der Waals surface area contributed by atoms with E-state index in [2.05, 4.69) is 10.9 Å². The molecule has 2 N–H and O–H groups in total. The number of fused-ring (bicyclic) bond motifs is 1. The Morgan fingerprint density at radius 2 is 1.77 bits per heavy atom. The summed E-state index contributed by atoms with van der Waals surface area (Å²) in [4.78, 5) is 35.9. The quantitative estimate of drug-likeness (QED) is 0.632. The van der Waals surface area contributed by atoms with Crippen LogP contribution in [0.4, 0.5) is 0 Å². The van der Waals surface area contributed by atoms with Crippen LogP contribution >= 0.6 is 11.6 Å². The zero-order chi connectivity index (χ0) is 18.7. The molecule has 138 valence electrons. The second-order valence-corrected chi connectivity index (χ2v) is 6.74. The summed E-state index contributed by atoms with van der Waals surface area (Å²) in [5.74, 6) is -1.37. The van der Waals surface area contributed by atoms with Gasteiger partial charge in [0.1, 0.15) is 5.58 Å². The highest BCUT2D eigenvalue weighted by molar-refractivity contribution is 6.31. The second kappa shape index (κ2) is 7.78. The number of nitrogens with one attached hydrogen (secondary N) is 2. The van der Waals surface area contributed by atoms with Crippen LogP contribution in [-0.2, 0) is 14.3 Å². The molecule has 2 aromatic rings. The van der Waals surface area contributed by atoms with E-state index < -0.39 is 5.91 Å². The minimum atomic E-state index is -0.547. The van der Waals surface area contributed by atoms with Crippen LogP contribution in [-0.4, -0.2) is 24.9 Å². The molecule has 1 saturated carbocycles. The average Bonchev–Trinajstić information content (AvgIpc) is 3.08. The molecule has 26 heavy (non-hydrogen) atoms. The van der Waals surface area contributed by atoms with Crippen LogP contribution in [0.1, 0.15) is 36.2 Å². The molecule has 1 heterocycles. The molecular weight excluding hydrogens is 360 g/mol. The zero-order valence-electron chi connectivity index (χ0n) is 14.2. The maximum Gasteiger partial charge on any atom is 0.308 e. The Balaban J connectivity index is 1.52. The van der Waals surface area contributed by atoms with Crippen molar-refractivity contribution in [1.82, 2.24) is 10.9 Å². The summed E-state index contributed by atoms with van der Waals surface area (Å²) in [5, 5.41) is 1.25. The molecule has 0 radical (unpaired) electrons. The van der Waals surface area contributed by atoms with Crippen LogP contribution in [0.25, 0.3) is 11.0 Å². The van der Waals surface area contributed by atoms with Gasteiger partial charge in [-0.25, -0.2) is 0 Å². The van der Waals surface area contributed by atoms with Gasteiger partial charge in [0.15, 0.2) is 5.76 Å². The number of furan rings is 1. The lowest BCUT2D eigenvalue weighted by Gasteiger charge is -2.25. The van der Waals surface area contributed by atoms with Gasteiger partial charge in [0.2, 0.25) is 5.91 Å². The van der Waals surface area contributed by atoms with Gasteiger partial charge in [-0.3, -0.25) is 25.2 Å². The molecule has 2 amide bonds. The van der Waals surface area contributed by atoms with Crippen molar-refractivity contribution in [2.75, 3.05) is 7.11 Å². The van der Waals surface area contributed by atoms with Gasteiger partial charge in [0, 0.05) is 16.3 Å². The summed E-state index contributed by atoms with van der Waals surface area (Å²) < 4.78 is 10.2. The van der Waals surface area contributed by atoms with E-state index in [0.29, 0.717) is 41.7 Å². The van der Waals surface area contributed by atoms with E-state index in [1.165, 1.54) is 7.11 Å². The Labute approximate surface area is 155 Å². The third kappa shape index (κ3) is 3.99. The predicted molar refractivity (Wildman–Crippen MR) is 94.3 cm³/mol. The van der Waals surface area contributed by atoms with Crippen molar-refractivity contribution in [2.45, 2.75) is 25.7 Å². The van der Waals surface area contributed by atoms with Gasteiger partial charge < -0.3 is 9.15 Å². The molecule has 8 heteroatoms. The highest BCUT2D eigenvalue weighted by atomic mass is 35.5. The van der Waals surface area contributed by atoms with E-state index in [0.717, 1.165) is 0 Å². The standard InChI is InChI=1S/C18H19ClN2O5/c1-25-18(24)11-4-2-10(3-5-11)16(22)20-21-17(23)15-9-12-8-13(19)6-7-14(12)26-15/h6-11H,2-5H2,1H3,(H,20,22)(H,21,23)/t10-,11-. The summed E-state index contributed by atoms with van der Waals surface area (Å²) in [7, 11) is 1.36. The fraction of sp³-hybridized carbons (Fsp3) is 0.389. The monoisotopic (exact) mass is 378 g/mol. The lowest BCUT2D eigenvalue weighted by Crippen LogP contribution is -2.45. The van der Waals surface area contributed by atoms with Crippen LogP contribution < -0.4 is 10.9 Å². The average molecular weight is 379 g/mol. The number of carbonyl (C=O) groups is 3. The Kier molecular flexibility index (Phi) is 5.46. The summed E-state index contributed by atoms with van der Waals surface area (Å²) in [5.41, 5.74) is 5.32. The fourth-order valence-corrected chi connectivity index (χ4v) is 3.35. The minimum absolute atomic E-state index is 0.0805. The Morgan fingerprint density at radius 3 is 2.46 bits per heavy atom. The van der Waals surface area contributed by atoms with Gasteiger partial charge in [-0.05, 0) is 49.9 Å². The third-order valence-corrected chi connectivity index (χ3v) is 4.87. The molecule has 1 aromatic carbocycles.